The van der Waals surface area contributed by atoms with Gasteiger partial charge in [-0.3, -0.25) is 0 Å². The molecule has 3 nitrogen and oxygen atoms in total. The Morgan fingerprint density at radius 2 is 2.00 bits per heavy atom. The highest BCUT2D eigenvalue weighted by Gasteiger charge is 2.48. The summed E-state index contributed by atoms with van der Waals surface area (Å²) in [7, 11) is 1.02. The molecule has 1 unspecified atom stereocenters. The molecule has 0 amide bonds. The van der Waals surface area contributed by atoms with Crippen LogP contribution in [-0.2, 0) is 9.53 Å². The molecule has 1 atom stereocenters. The average Bonchev–Trinajstić information content (AvgIpc) is 2.35. The lowest BCUT2D eigenvalue weighted by molar-refractivity contribution is -0.187. The Bertz CT molecular complexity index is 506. The quantitative estimate of drug-likeness (QED) is 0.726. The molecule has 0 aromatic heterocycles. The van der Waals surface area contributed by atoms with Gasteiger partial charge in [0.15, 0.2) is 0 Å². The van der Waals surface area contributed by atoms with Crippen molar-refractivity contribution in [2.24, 2.45) is 0 Å². The second-order valence-electron chi connectivity index (χ2n) is 3.67. The Morgan fingerprint density at radius 1 is 1.33 bits per heavy atom. The fourth-order valence-electron chi connectivity index (χ4n) is 1.67. The maximum absolute atomic E-state index is 12.8. The first-order valence-electron chi connectivity index (χ1n) is 5.06. The van der Waals surface area contributed by atoms with E-state index in [-0.39, 0.29) is 5.75 Å². The van der Waals surface area contributed by atoms with Crippen molar-refractivity contribution in [3.8, 4) is 5.75 Å². The van der Waals surface area contributed by atoms with Crippen LogP contribution in [0.15, 0.2) is 29.8 Å². The van der Waals surface area contributed by atoms with Crippen LogP contribution in [0.5, 0.6) is 5.75 Å². The molecule has 0 radical (unpaired) electrons. The van der Waals surface area contributed by atoms with Gasteiger partial charge >= 0.3 is 12.1 Å². The van der Waals surface area contributed by atoms with Crippen LogP contribution >= 0.6 is 0 Å². The highest BCUT2D eigenvalue weighted by Crippen LogP contribution is 2.37. The third kappa shape index (κ3) is 2.18. The van der Waals surface area contributed by atoms with Gasteiger partial charge in [0.1, 0.15) is 5.75 Å². The molecular weight excluding hydrogens is 249 g/mol. The molecule has 18 heavy (non-hydrogen) atoms. The molecule has 0 spiro atoms. The van der Waals surface area contributed by atoms with Crippen molar-refractivity contribution in [1.29, 1.82) is 0 Å². The van der Waals surface area contributed by atoms with Gasteiger partial charge in [0.25, 0.3) is 0 Å². The molecule has 0 saturated heterocycles. The summed E-state index contributed by atoms with van der Waals surface area (Å²) >= 11 is 0. The summed E-state index contributed by atoms with van der Waals surface area (Å²) in [6.45, 7) is 0. The molecular formula is C12H9F3O3. The molecule has 1 aromatic rings. The van der Waals surface area contributed by atoms with Gasteiger partial charge in [-0.15, -0.1) is 0 Å². The lowest BCUT2D eigenvalue weighted by atomic mass is 10.0. The first kappa shape index (κ1) is 12.5. The van der Waals surface area contributed by atoms with Gasteiger partial charge in [0.2, 0.25) is 6.10 Å². The van der Waals surface area contributed by atoms with E-state index in [2.05, 4.69) is 4.74 Å². The highest BCUT2D eigenvalue weighted by atomic mass is 19.4. The summed E-state index contributed by atoms with van der Waals surface area (Å²) in [6, 6.07) is 6.17. The van der Waals surface area contributed by atoms with Crippen LogP contribution in [0.2, 0.25) is 0 Å². The molecule has 6 heteroatoms. The molecule has 1 aliphatic rings. The highest BCUT2D eigenvalue weighted by molar-refractivity contribution is 5.96. The summed E-state index contributed by atoms with van der Waals surface area (Å²) in [5.41, 5.74) is -0.137. The number of hydrogen-bond donors (Lipinski definition) is 0. The predicted octanol–water partition coefficient (Wildman–Crippen LogP) is 2.57. The first-order chi connectivity index (χ1) is 8.43. The van der Waals surface area contributed by atoms with Gasteiger partial charge in [-0.1, -0.05) is 18.2 Å². The van der Waals surface area contributed by atoms with E-state index >= 15 is 0 Å². The number of carbonyl (C=O) groups is 1. The van der Waals surface area contributed by atoms with Crippen molar-refractivity contribution in [2.75, 3.05) is 7.11 Å². The molecule has 1 aromatic carbocycles. The fourth-order valence-corrected chi connectivity index (χ4v) is 1.67. The Labute approximate surface area is 101 Å². The number of hydrogen-bond acceptors (Lipinski definition) is 3. The van der Waals surface area contributed by atoms with E-state index in [9.17, 15) is 18.0 Å². The Morgan fingerprint density at radius 3 is 2.61 bits per heavy atom. The van der Waals surface area contributed by atoms with E-state index in [0.29, 0.717) is 5.56 Å². The Balaban J connectivity index is 2.49. The van der Waals surface area contributed by atoms with Crippen molar-refractivity contribution in [2.45, 2.75) is 12.3 Å². The van der Waals surface area contributed by atoms with Gasteiger partial charge < -0.3 is 9.47 Å². The molecule has 0 fully saturated rings. The Kier molecular flexibility index (Phi) is 3.02. The zero-order chi connectivity index (χ0) is 13.3. The van der Waals surface area contributed by atoms with Crippen LogP contribution in [0.1, 0.15) is 5.56 Å². The monoisotopic (exact) mass is 258 g/mol. The van der Waals surface area contributed by atoms with Crippen LogP contribution in [0.3, 0.4) is 0 Å². The van der Waals surface area contributed by atoms with Crippen LogP contribution in [-0.4, -0.2) is 25.4 Å². The maximum Gasteiger partial charge on any atom is 0.430 e. The standard InChI is InChI=1S/C12H9F3O3/c1-17-11(16)8-6-7-4-2-3-5-9(7)18-10(8)12(13,14)15/h2-6,10H,1H3. The smallest absolute Gasteiger partial charge is 0.430 e. The van der Waals surface area contributed by atoms with Crippen LogP contribution < -0.4 is 4.74 Å². The lowest BCUT2D eigenvalue weighted by Crippen LogP contribution is -2.40. The van der Waals surface area contributed by atoms with Gasteiger partial charge in [-0.25, -0.2) is 4.79 Å². The minimum absolute atomic E-state index is 0.0903. The second-order valence-corrected chi connectivity index (χ2v) is 3.67. The van der Waals surface area contributed by atoms with Crippen molar-refractivity contribution in [3.63, 3.8) is 0 Å². The molecule has 0 aliphatic carbocycles. The summed E-state index contributed by atoms with van der Waals surface area (Å²) in [5.74, 6) is -0.959. The first-order valence-corrected chi connectivity index (χ1v) is 5.06. The number of para-hydroxylation sites is 1. The van der Waals surface area contributed by atoms with Crippen LogP contribution in [0.25, 0.3) is 6.08 Å². The van der Waals surface area contributed by atoms with Crippen molar-refractivity contribution >= 4 is 12.0 Å². The summed E-state index contributed by atoms with van der Waals surface area (Å²) in [4.78, 5) is 11.4. The number of alkyl halides is 3. The minimum Gasteiger partial charge on any atom is -0.475 e. The number of esters is 1. The molecule has 0 saturated carbocycles. The molecule has 1 heterocycles. The fraction of sp³-hybridized carbons (Fsp3) is 0.250. The molecule has 1 aliphatic heterocycles. The number of methoxy groups -OCH3 is 1. The number of benzene rings is 1. The third-order valence-electron chi connectivity index (χ3n) is 2.48. The minimum atomic E-state index is -4.67. The van der Waals surface area contributed by atoms with Crippen LogP contribution in [0.4, 0.5) is 13.2 Å². The summed E-state index contributed by atoms with van der Waals surface area (Å²) in [6.07, 6.45) is -5.82. The zero-order valence-electron chi connectivity index (χ0n) is 9.32. The van der Waals surface area contributed by atoms with Crippen molar-refractivity contribution < 1.29 is 27.4 Å². The molecule has 0 bridgehead atoms. The van der Waals surface area contributed by atoms with E-state index in [1.807, 2.05) is 0 Å². The van der Waals surface area contributed by atoms with E-state index in [1.165, 1.54) is 6.07 Å². The molecule has 0 N–H and O–H groups in total. The summed E-state index contributed by atoms with van der Waals surface area (Å²) in [5, 5.41) is 0. The van der Waals surface area contributed by atoms with E-state index < -0.39 is 23.8 Å². The number of halogens is 3. The average molecular weight is 258 g/mol. The zero-order valence-corrected chi connectivity index (χ0v) is 9.32. The number of ether oxygens (including phenoxy) is 2. The topological polar surface area (TPSA) is 35.5 Å². The third-order valence-corrected chi connectivity index (χ3v) is 2.48. The SMILES string of the molecule is COC(=O)C1=Cc2ccccc2OC1C(F)(F)F. The predicted molar refractivity (Wildman–Crippen MR) is 56.9 cm³/mol. The van der Waals surface area contributed by atoms with Crippen molar-refractivity contribution in [1.82, 2.24) is 0 Å². The maximum atomic E-state index is 12.8. The van der Waals surface area contributed by atoms with E-state index in [1.54, 1.807) is 18.2 Å². The lowest BCUT2D eigenvalue weighted by Gasteiger charge is -2.27. The van der Waals surface area contributed by atoms with E-state index in [4.69, 9.17) is 4.74 Å². The second kappa shape index (κ2) is 4.36. The number of rotatable bonds is 1. The van der Waals surface area contributed by atoms with Crippen LogP contribution in [0, 0.1) is 0 Å². The summed E-state index contributed by atoms with van der Waals surface area (Å²) < 4.78 is 47.6. The van der Waals surface area contributed by atoms with Gasteiger partial charge in [-0.05, 0) is 12.1 Å². The molecule has 2 rings (SSSR count). The van der Waals surface area contributed by atoms with Crippen molar-refractivity contribution in [3.05, 3.63) is 35.4 Å². The number of carbonyl (C=O) groups excluding carboxylic acids is 1. The largest absolute Gasteiger partial charge is 0.475 e. The number of fused-ring (bicyclic) bond motifs is 1. The van der Waals surface area contributed by atoms with E-state index in [0.717, 1.165) is 13.2 Å². The van der Waals surface area contributed by atoms with Gasteiger partial charge in [0.05, 0.1) is 12.7 Å². The normalized spacial score (nSPS) is 18.4. The Hall–Kier alpha value is -1.98. The van der Waals surface area contributed by atoms with Gasteiger partial charge in [-0.2, -0.15) is 13.2 Å². The van der Waals surface area contributed by atoms with Gasteiger partial charge in [0, 0.05) is 5.56 Å². The molecule has 96 valence electrons.